The Hall–Kier alpha value is 0.463. The van der Waals surface area contributed by atoms with E-state index in [9.17, 15) is 0 Å². The third-order valence-corrected chi connectivity index (χ3v) is 10.4. The average molecular weight is 249 g/mol. The summed E-state index contributed by atoms with van der Waals surface area (Å²) in [6.07, 6.45) is 4.99. The van der Waals surface area contributed by atoms with Gasteiger partial charge in [0.2, 0.25) is 0 Å². The molecule has 0 atom stereocenters. The van der Waals surface area contributed by atoms with Gasteiger partial charge in [0.25, 0.3) is 0 Å². The number of unbranched alkanes of at least 4 members (excludes halogenated alkanes) is 2. The van der Waals surface area contributed by atoms with Gasteiger partial charge in [-0.3, -0.25) is 0 Å². The molecule has 0 saturated heterocycles. The van der Waals surface area contributed by atoms with Crippen LogP contribution in [0.25, 0.3) is 0 Å². The summed E-state index contributed by atoms with van der Waals surface area (Å²) in [4.78, 5) is 0. The molecule has 13 heavy (non-hydrogen) atoms. The first-order valence-corrected chi connectivity index (χ1v) is 10.0. The summed E-state index contributed by atoms with van der Waals surface area (Å²) >= 11 is -2.30. The molecule has 0 saturated carbocycles. The third kappa shape index (κ3) is 5.03. The van der Waals surface area contributed by atoms with Crippen LogP contribution in [0.1, 0.15) is 39.5 Å². The van der Waals surface area contributed by atoms with Crippen molar-refractivity contribution < 1.29 is 7.53 Å². The van der Waals surface area contributed by atoms with Gasteiger partial charge in [-0.2, -0.15) is 0 Å². The quantitative estimate of drug-likeness (QED) is 0.614. The molecule has 0 aliphatic heterocycles. The van der Waals surface area contributed by atoms with Crippen molar-refractivity contribution >= 4 is 13.9 Å². The fourth-order valence-electron chi connectivity index (χ4n) is 1.51. The number of hydrogen-bond donors (Lipinski definition) is 0. The van der Waals surface area contributed by atoms with E-state index >= 15 is 0 Å². The van der Waals surface area contributed by atoms with E-state index in [1.54, 1.807) is 0 Å². The van der Waals surface area contributed by atoms with Gasteiger partial charge in [-0.1, -0.05) is 0 Å². The van der Waals surface area contributed by atoms with Crippen LogP contribution in [-0.2, 0) is 7.53 Å². The van der Waals surface area contributed by atoms with Crippen LogP contribution >= 0.6 is 0 Å². The molecule has 0 amide bonds. The third-order valence-electron chi connectivity index (χ3n) is 2.57. The second-order valence-electron chi connectivity index (χ2n) is 3.53. The number of rotatable bonds is 8. The van der Waals surface area contributed by atoms with Crippen molar-refractivity contribution in [3.8, 4) is 0 Å². The minimum absolute atomic E-state index is 1.20. The summed E-state index contributed by atoms with van der Waals surface area (Å²) in [5, 5.41) is 2.40. The second-order valence-corrected chi connectivity index (χ2v) is 11.2. The van der Waals surface area contributed by atoms with Crippen molar-refractivity contribution in [2.24, 2.45) is 0 Å². The minimum atomic E-state index is -2.30. The molecule has 0 N–H and O–H groups in total. The summed E-state index contributed by atoms with van der Waals surface area (Å²) in [7, 11) is 3.66. The molecule has 0 radical (unpaired) electrons. The van der Waals surface area contributed by atoms with Crippen LogP contribution in [0.3, 0.4) is 0 Å². The molecular weight excluding hydrogens is 225 g/mol. The van der Waals surface area contributed by atoms with E-state index in [1.165, 1.54) is 36.2 Å². The van der Waals surface area contributed by atoms with Gasteiger partial charge >= 0.3 is 85.7 Å². The van der Waals surface area contributed by atoms with E-state index in [0.717, 1.165) is 0 Å². The van der Waals surface area contributed by atoms with E-state index in [1.807, 2.05) is 14.2 Å². The molecule has 0 aromatic rings. The van der Waals surface area contributed by atoms with E-state index < -0.39 is 13.9 Å². The molecule has 0 spiro atoms. The van der Waals surface area contributed by atoms with E-state index in [4.69, 9.17) is 7.53 Å². The Kier molecular flexibility index (Phi) is 8.11. The molecule has 0 aliphatic rings. The molecule has 0 rings (SSSR count). The van der Waals surface area contributed by atoms with Gasteiger partial charge in [-0.05, 0) is 0 Å². The molecule has 3 heteroatoms. The first kappa shape index (κ1) is 13.5. The maximum absolute atomic E-state index is 5.66. The summed E-state index contributed by atoms with van der Waals surface area (Å²) in [5.74, 6) is 0. The SMILES string of the molecule is CCC[CH2][Ge]([CH2]CCC)([O]C)[O]C. The van der Waals surface area contributed by atoms with Gasteiger partial charge in [-0.25, -0.2) is 0 Å². The molecule has 80 valence electrons. The van der Waals surface area contributed by atoms with Crippen LogP contribution in [0.5, 0.6) is 0 Å². The van der Waals surface area contributed by atoms with E-state index in [0.29, 0.717) is 0 Å². The molecule has 0 aromatic carbocycles. The van der Waals surface area contributed by atoms with Gasteiger partial charge in [0.1, 0.15) is 0 Å². The van der Waals surface area contributed by atoms with Crippen molar-refractivity contribution in [3.05, 3.63) is 0 Å². The fourth-order valence-corrected chi connectivity index (χ4v) is 7.84. The fraction of sp³-hybridized carbons (Fsp3) is 1.00. The van der Waals surface area contributed by atoms with Crippen molar-refractivity contribution in [1.29, 1.82) is 0 Å². The maximum atomic E-state index is 5.66. The molecule has 0 fully saturated rings. The molecule has 0 unspecified atom stereocenters. The van der Waals surface area contributed by atoms with Gasteiger partial charge in [0.05, 0.1) is 0 Å². The van der Waals surface area contributed by atoms with Gasteiger partial charge in [0.15, 0.2) is 0 Å². The zero-order valence-corrected chi connectivity index (χ0v) is 11.7. The first-order valence-electron chi connectivity index (χ1n) is 5.35. The van der Waals surface area contributed by atoms with E-state index in [2.05, 4.69) is 13.8 Å². The Morgan fingerprint density at radius 2 is 1.23 bits per heavy atom. The Bertz CT molecular complexity index is 103. The normalized spacial score (nSPS) is 12.0. The Morgan fingerprint density at radius 1 is 0.846 bits per heavy atom. The van der Waals surface area contributed by atoms with Crippen molar-refractivity contribution in [2.75, 3.05) is 14.2 Å². The van der Waals surface area contributed by atoms with Crippen LogP contribution in [0.15, 0.2) is 0 Å². The van der Waals surface area contributed by atoms with E-state index in [-0.39, 0.29) is 0 Å². The van der Waals surface area contributed by atoms with Crippen LogP contribution in [-0.4, -0.2) is 28.2 Å². The van der Waals surface area contributed by atoms with Gasteiger partial charge in [-0.15, -0.1) is 0 Å². The summed E-state index contributed by atoms with van der Waals surface area (Å²) in [6, 6.07) is 0. The summed E-state index contributed by atoms with van der Waals surface area (Å²) in [6.45, 7) is 4.44. The molecular formula is C10H24GeO2. The molecule has 0 aliphatic carbocycles. The number of hydrogen-bond acceptors (Lipinski definition) is 2. The van der Waals surface area contributed by atoms with Crippen molar-refractivity contribution in [3.63, 3.8) is 0 Å². The second kappa shape index (κ2) is 7.83. The van der Waals surface area contributed by atoms with Crippen molar-refractivity contribution in [2.45, 2.75) is 50.0 Å². The Labute approximate surface area is 86.0 Å². The van der Waals surface area contributed by atoms with Crippen LogP contribution in [0, 0.1) is 0 Å². The monoisotopic (exact) mass is 250 g/mol. The zero-order chi connectivity index (χ0) is 10.2. The summed E-state index contributed by atoms with van der Waals surface area (Å²) < 4.78 is 11.3. The standard InChI is InChI=1S/C10H24GeO2/c1-5-7-9-11(12-3,13-4)10-8-6-2/h5-10H2,1-4H3. The predicted octanol–water partition coefficient (Wildman–Crippen LogP) is 3.32. The Balaban J connectivity index is 3.97. The van der Waals surface area contributed by atoms with Crippen molar-refractivity contribution in [1.82, 2.24) is 0 Å². The van der Waals surface area contributed by atoms with Gasteiger partial charge in [0, 0.05) is 0 Å². The van der Waals surface area contributed by atoms with Gasteiger partial charge < -0.3 is 0 Å². The first-order chi connectivity index (χ1) is 6.24. The topological polar surface area (TPSA) is 18.5 Å². The Morgan fingerprint density at radius 3 is 1.46 bits per heavy atom. The molecule has 0 bridgehead atoms. The van der Waals surface area contributed by atoms with Crippen LogP contribution in [0.4, 0.5) is 0 Å². The summed E-state index contributed by atoms with van der Waals surface area (Å²) in [5.41, 5.74) is 0. The molecule has 0 heterocycles. The molecule has 2 nitrogen and oxygen atoms in total. The van der Waals surface area contributed by atoms with Crippen LogP contribution in [0.2, 0.25) is 10.5 Å². The van der Waals surface area contributed by atoms with Crippen LogP contribution < -0.4 is 0 Å². The average Bonchev–Trinajstić information content (AvgIpc) is 2.20. The zero-order valence-electron chi connectivity index (χ0n) is 9.56. The predicted molar refractivity (Wildman–Crippen MR) is 59.2 cm³/mol. The molecule has 0 aromatic heterocycles.